The van der Waals surface area contributed by atoms with Gasteiger partial charge in [0.2, 0.25) is 11.8 Å². The lowest BCUT2D eigenvalue weighted by Gasteiger charge is -2.21. The average Bonchev–Trinajstić information content (AvgIpc) is 2.70. The van der Waals surface area contributed by atoms with E-state index in [2.05, 4.69) is 10.6 Å². The predicted molar refractivity (Wildman–Crippen MR) is 115 cm³/mol. The number of carbonyl (C=O) groups is 3. The van der Waals surface area contributed by atoms with Crippen molar-refractivity contribution in [3.63, 3.8) is 0 Å². The van der Waals surface area contributed by atoms with E-state index in [1.807, 2.05) is 31.2 Å². The van der Waals surface area contributed by atoms with Crippen molar-refractivity contribution >= 4 is 35.0 Å². The van der Waals surface area contributed by atoms with Gasteiger partial charge in [-0.15, -0.1) is 0 Å². The number of amides is 3. The molecule has 2 aromatic rings. The molecule has 2 N–H and O–H groups in total. The Morgan fingerprint density at radius 1 is 1.03 bits per heavy atom. The van der Waals surface area contributed by atoms with Crippen LogP contribution < -0.4 is 10.6 Å². The van der Waals surface area contributed by atoms with Gasteiger partial charge in [0.05, 0.1) is 0 Å². The summed E-state index contributed by atoms with van der Waals surface area (Å²) in [6.45, 7) is 4.89. The maximum atomic E-state index is 12.3. The highest BCUT2D eigenvalue weighted by molar-refractivity contribution is 6.30. The number of nitrogens with one attached hydrogen (secondary N) is 2. The Hall–Kier alpha value is -2.86. The van der Waals surface area contributed by atoms with Gasteiger partial charge in [-0.3, -0.25) is 14.4 Å². The summed E-state index contributed by atoms with van der Waals surface area (Å²) in [7, 11) is 0. The molecule has 154 valence electrons. The zero-order valence-corrected chi connectivity index (χ0v) is 17.5. The van der Waals surface area contributed by atoms with Crippen molar-refractivity contribution in [1.82, 2.24) is 10.2 Å². The van der Waals surface area contributed by atoms with Crippen molar-refractivity contribution < 1.29 is 14.4 Å². The zero-order valence-electron chi connectivity index (χ0n) is 16.7. The van der Waals surface area contributed by atoms with Gasteiger partial charge in [-0.2, -0.15) is 0 Å². The third-order valence-corrected chi connectivity index (χ3v) is 4.70. The second kappa shape index (κ2) is 11.2. The van der Waals surface area contributed by atoms with E-state index in [9.17, 15) is 14.4 Å². The third kappa shape index (κ3) is 7.23. The molecule has 0 aromatic heterocycles. The Morgan fingerprint density at radius 2 is 1.72 bits per heavy atom. The van der Waals surface area contributed by atoms with Gasteiger partial charge in [0.1, 0.15) is 0 Å². The molecule has 6 nitrogen and oxygen atoms in total. The van der Waals surface area contributed by atoms with E-state index in [-0.39, 0.29) is 24.1 Å². The summed E-state index contributed by atoms with van der Waals surface area (Å²) in [4.78, 5) is 37.7. The van der Waals surface area contributed by atoms with E-state index >= 15 is 0 Å². The second-order valence-electron chi connectivity index (χ2n) is 6.60. The molecule has 0 aliphatic rings. The summed E-state index contributed by atoms with van der Waals surface area (Å²) in [5.74, 6) is -0.342. The minimum atomic E-state index is -0.198. The summed E-state index contributed by atoms with van der Waals surface area (Å²) in [5, 5.41) is 6.26. The molecule has 0 atom stereocenters. The van der Waals surface area contributed by atoms with Crippen LogP contribution in [0.15, 0.2) is 48.5 Å². The number of benzene rings is 2. The molecule has 0 aliphatic heterocycles. The lowest BCUT2D eigenvalue weighted by Crippen LogP contribution is -2.28. The fraction of sp³-hybridized carbons (Fsp3) is 0.318. The van der Waals surface area contributed by atoms with Crippen LogP contribution in [-0.4, -0.2) is 35.7 Å². The first-order chi connectivity index (χ1) is 13.9. The summed E-state index contributed by atoms with van der Waals surface area (Å²) >= 11 is 5.81. The standard InChI is InChI=1S/C22H26ClN3O3/c1-3-26(16(2)27)15-18-7-4-5-8-20(18)25-21(28)9-6-14-24-22(29)17-10-12-19(23)13-11-17/h4-5,7-8,10-13H,3,6,9,14-15H2,1-2H3,(H,24,29)(H,25,28). The monoisotopic (exact) mass is 415 g/mol. The Labute approximate surface area is 176 Å². The van der Waals surface area contributed by atoms with Gasteiger partial charge in [-0.05, 0) is 49.2 Å². The normalized spacial score (nSPS) is 10.3. The highest BCUT2D eigenvalue weighted by Gasteiger charge is 2.12. The van der Waals surface area contributed by atoms with E-state index in [1.54, 1.807) is 29.2 Å². The highest BCUT2D eigenvalue weighted by Crippen LogP contribution is 2.18. The quantitative estimate of drug-likeness (QED) is 0.610. The first-order valence-electron chi connectivity index (χ1n) is 9.57. The van der Waals surface area contributed by atoms with Crippen molar-refractivity contribution in [3.05, 3.63) is 64.7 Å². The number of carbonyl (C=O) groups excluding carboxylic acids is 3. The molecule has 2 aromatic carbocycles. The molecular weight excluding hydrogens is 390 g/mol. The van der Waals surface area contributed by atoms with Gasteiger partial charge in [-0.25, -0.2) is 0 Å². The maximum absolute atomic E-state index is 12.3. The van der Waals surface area contributed by atoms with Crippen molar-refractivity contribution in [1.29, 1.82) is 0 Å². The van der Waals surface area contributed by atoms with Crippen LogP contribution in [0.25, 0.3) is 0 Å². The van der Waals surface area contributed by atoms with Crippen molar-refractivity contribution in [2.75, 3.05) is 18.4 Å². The zero-order chi connectivity index (χ0) is 21.2. The van der Waals surface area contributed by atoms with E-state index < -0.39 is 0 Å². The molecule has 7 heteroatoms. The van der Waals surface area contributed by atoms with Crippen LogP contribution in [0.1, 0.15) is 42.6 Å². The molecule has 0 saturated heterocycles. The van der Waals surface area contributed by atoms with Crippen LogP contribution in [0, 0.1) is 0 Å². The summed E-state index contributed by atoms with van der Waals surface area (Å²) < 4.78 is 0. The van der Waals surface area contributed by atoms with Crippen molar-refractivity contribution in [2.45, 2.75) is 33.2 Å². The number of nitrogens with zero attached hydrogens (tertiary/aromatic N) is 1. The number of hydrogen-bond acceptors (Lipinski definition) is 3. The van der Waals surface area contributed by atoms with Gasteiger partial charge < -0.3 is 15.5 Å². The number of para-hydroxylation sites is 1. The number of hydrogen-bond donors (Lipinski definition) is 2. The Balaban J connectivity index is 1.81. The predicted octanol–water partition coefficient (Wildman–Crippen LogP) is 3.86. The summed E-state index contributed by atoms with van der Waals surface area (Å²) in [6, 6.07) is 14.1. The first kappa shape index (κ1) is 22.4. The van der Waals surface area contributed by atoms with E-state index in [0.717, 1.165) is 5.56 Å². The van der Waals surface area contributed by atoms with Crippen LogP contribution in [-0.2, 0) is 16.1 Å². The Kier molecular flexibility index (Phi) is 8.68. The third-order valence-electron chi connectivity index (χ3n) is 4.45. The molecule has 0 saturated carbocycles. The topological polar surface area (TPSA) is 78.5 Å². The molecule has 0 heterocycles. The molecule has 0 aliphatic carbocycles. The number of rotatable bonds is 9. The first-order valence-corrected chi connectivity index (χ1v) is 9.95. The van der Waals surface area contributed by atoms with Gasteiger partial charge in [0.25, 0.3) is 5.91 Å². The van der Waals surface area contributed by atoms with E-state index in [1.165, 1.54) is 6.92 Å². The number of anilines is 1. The molecule has 0 spiro atoms. The Bertz CT molecular complexity index is 853. The fourth-order valence-electron chi connectivity index (χ4n) is 2.80. The smallest absolute Gasteiger partial charge is 0.251 e. The van der Waals surface area contributed by atoms with E-state index in [0.29, 0.717) is 42.3 Å². The van der Waals surface area contributed by atoms with Crippen LogP contribution in [0.4, 0.5) is 5.69 Å². The van der Waals surface area contributed by atoms with Crippen LogP contribution in [0.3, 0.4) is 0 Å². The summed E-state index contributed by atoms with van der Waals surface area (Å²) in [6.07, 6.45) is 0.793. The van der Waals surface area contributed by atoms with Crippen LogP contribution in [0.5, 0.6) is 0 Å². The molecule has 0 unspecified atom stereocenters. The number of halogens is 1. The van der Waals surface area contributed by atoms with Crippen molar-refractivity contribution in [2.24, 2.45) is 0 Å². The lowest BCUT2D eigenvalue weighted by atomic mass is 10.1. The molecule has 0 bridgehead atoms. The SMILES string of the molecule is CCN(Cc1ccccc1NC(=O)CCCNC(=O)c1ccc(Cl)cc1)C(C)=O. The lowest BCUT2D eigenvalue weighted by molar-refractivity contribution is -0.129. The summed E-state index contributed by atoms with van der Waals surface area (Å²) in [5.41, 5.74) is 2.11. The minimum Gasteiger partial charge on any atom is -0.352 e. The molecule has 29 heavy (non-hydrogen) atoms. The molecule has 0 radical (unpaired) electrons. The maximum Gasteiger partial charge on any atom is 0.251 e. The minimum absolute atomic E-state index is 0.00921. The fourth-order valence-corrected chi connectivity index (χ4v) is 2.92. The van der Waals surface area contributed by atoms with Crippen molar-refractivity contribution in [3.8, 4) is 0 Å². The van der Waals surface area contributed by atoms with Crippen LogP contribution >= 0.6 is 11.6 Å². The second-order valence-corrected chi connectivity index (χ2v) is 7.04. The molecule has 2 rings (SSSR count). The molecule has 3 amide bonds. The van der Waals surface area contributed by atoms with Gasteiger partial charge in [0, 0.05) is 49.3 Å². The van der Waals surface area contributed by atoms with E-state index in [4.69, 9.17) is 11.6 Å². The van der Waals surface area contributed by atoms with Gasteiger partial charge >= 0.3 is 0 Å². The van der Waals surface area contributed by atoms with Gasteiger partial charge in [-0.1, -0.05) is 29.8 Å². The largest absolute Gasteiger partial charge is 0.352 e. The van der Waals surface area contributed by atoms with Crippen LogP contribution in [0.2, 0.25) is 5.02 Å². The Morgan fingerprint density at radius 3 is 2.38 bits per heavy atom. The average molecular weight is 416 g/mol. The van der Waals surface area contributed by atoms with Gasteiger partial charge in [0.15, 0.2) is 0 Å². The highest BCUT2D eigenvalue weighted by atomic mass is 35.5. The molecule has 0 fully saturated rings. The molecular formula is C22H26ClN3O3.